The fourth-order valence-electron chi connectivity index (χ4n) is 1.75. The number of carbonyl (C=O) groups excluding carboxylic acids is 1. The van der Waals surface area contributed by atoms with Crippen molar-refractivity contribution < 1.29 is 9.53 Å². The molecular weight excluding hydrogens is 306 g/mol. The molecule has 0 bridgehead atoms. The lowest BCUT2D eigenvalue weighted by molar-refractivity contribution is -0.141. The minimum absolute atomic E-state index is 0.311. The quantitative estimate of drug-likeness (QED) is 0.872. The number of carbonyl (C=O) groups is 1. The summed E-state index contributed by atoms with van der Waals surface area (Å²) in [5.41, 5.74) is 1.74. The van der Waals surface area contributed by atoms with Crippen LogP contribution in [0, 0.1) is 0 Å². The van der Waals surface area contributed by atoms with Crippen LogP contribution in [0.2, 0.25) is 0 Å². The number of rotatable bonds is 4. The zero-order chi connectivity index (χ0) is 13.7. The molecule has 0 saturated heterocycles. The monoisotopic (exact) mass is 319 g/mol. The van der Waals surface area contributed by atoms with E-state index in [0.29, 0.717) is 0 Å². The smallest absolute Gasteiger partial charge is 0.332 e. The molecule has 4 heteroatoms. The molecule has 0 fully saturated rings. The predicted octanol–water partition coefficient (Wildman–Crippen LogP) is 3.78. The van der Waals surface area contributed by atoms with Gasteiger partial charge in [0.05, 0.1) is 7.11 Å². The number of benzene rings is 2. The van der Waals surface area contributed by atoms with Crippen LogP contribution in [0.5, 0.6) is 0 Å². The van der Waals surface area contributed by atoms with E-state index in [9.17, 15) is 4.79 Å². The van der Waals surface area contributed by atoms with Crippen LogP contribution in [0.4, 0.5) is 5.69 Å². The molecule has 0 spiro atoms. The van der Waals surface area contributed by atoms with Crippen molar-refractivity contribution in [3.05, 3.63) is 64.6 Å². The van der Waals surface area contributed by atoms with E-state index < -0.39 is 6.04 Å². The molecule has 3 nitrogen and oxygen atoms in total. The van der Waals surface area contributed by atoms with Crippen molar-refractivity contribution >= 4 is 27.6 Å². The highest BCUT2D eigenvalue weighted by Gasteiger charge is 2.20. The van der Waals surface area contributed by atoms with Gasteiger partial charge in [0.15, 0.2) is 6.04 Å². The number of anilines is 1. The number of esters is 1. The Labute approximate surface area is 120 Å². The van der Waals surface area contributed by atoms with Gasteiger partial charge in [0.25, 0.3) is 0 Å². The molecule has 0 heterocycles. The Morgan fingerprint density at radius 1 is 1.11 bits per heavy atom. The first-order chi connectivity index (χ1) is 9.20. The Hall–Kier alpha value is -1.81. The van der Waals surface area contributed by atoms with Crippen molar-refractivity contribution in [1.29, 1.82) is 0 Å². The first-order valence-electron chi connectivity index (χ1n) is 5.85. The van der Waals surface area contributed by atoms with E-state index in [-0.39, 0.29) is 5.97 Å². The molecule has 0 saturated carbocycles. The lowest BCUT2D eigenvalue weighted by atomic mass is 10.1. The Bertz CT molecular complexity index is 540. The highest BCUT2D eigenvalue weighted by Crippen LogP contribution is 2.22. The number of methoxy groups -OCH3 is 1. The Morgan fingerprint density at radius 3 is 2.32 bits per heavy atom. The number of halogens is 1. The molecule has 2 aromatic rings. The lowest BCUT2D eigenvalue weighted by Crippen LogP contribution is -2.22. The SMILES string of the molecule is COC(=O)C(Nc1ccc(Br)cc1)c1ccccc1. The number of nitrogens with one attached hydrogen (secondary N) is 1. The standard InChI is InChI=1S/C15H14BrNO2/c1-19-15(18)14(11-5-3-2-4-6-11)17-13-9-7-12(16)8-10-13/h2-10,14,17H,1H3. The van der Waals surface area contributed by atoms with Crippen LogP contribution in [0.3, 0.4) is 0 Å². The van der Waals surface area contributed by atoms with Crippen molar-refractivity contribution in [3.63, 3.8) is 0 Å². The molecule has 1 atom stereocenters. The minimum Gasteiger partial charge on any atom is -0.467 e. The maximum Gasteiger partial charge on any atom is 0.332 e. The first-order valence-corrected chi connectivity index (χ1v) is 6.65. The molecule has 19 heavy (non-hydrogen) atoms. The summed E-state index contributed by atoms with van der Waals surface area (Å²) in [5, 5.41) is 3.18. The van der Waals surface area contributed by atoms with Crippen molar-refractivity contribution in [3.8, 4) is 0 Å². The van der Waals surface area contributed by atoms with Crippen LogP contribution in [0.1, 0.15) is 11.6 Å². The largest absolute Gasteiger partial charge is 0.467 e. The molecule has 0 aliphatic heterocycles. The van der Waals surface area contributed by atoms with Crippen LogP contribution in [0.25, 0.3) is 0 Å². The van der Waals surface area contributed by atoms with E-state index in [1.165, 1.54) is 7.11 Å². The van der Waals surface area contributed by atoms with Gasteiger partial charge in [0, 0.05) is 10.2 Å². The van der Waals surface area contributed by atoms with Crippen molar-refractivity contribution in [2.24, 2.45) is 0 Å². The molecule has 0 aliphatic rings. The summed E-state index contributed by atoms with van der Waals surface area (Å²) >= 11 is 3.38. The van der Waals surface area contributed by atoms with Crippen LogP contribution >= 0.6 is 15.9 Å². The van der Waals surface area contributed by atoms with E-state index in [1.807, 2.05) is 54.6 Å². The summed E-state index contributed by atoms with van der Waals surface area (Å²) in [5.74, 6) is -0.311. The van der Waals surface area contributed by atoms with E-state index in [4.69, 9.17) is 4.74 Å². The van der Waals surface area contributed by atoms with Crippen LogP contribution in [-0.4, -0.2) is 13.1 Å². The second-order valence-corrected chi connectivity index (χ2v) is 4.93. The van der Waals surface area contributed by atoms with Crippen LogP contribution < -0.4 is 5.32 Å². The Kier molecular flexibility index (Phi) is 4.58. The van der Waals surface area contributed by atoms with Gasteiger partial charge in [0.1, 0.15) is 0 Å². The molecule has 98 valence electrons. The van der Waals surface area contributed by atoms with Crippen molar-refractivity contribution in [2.45, 2.75) is 6.04 Å². The fourth-order valence-corrected chi connectivity index (χ4v) is 2.02. The molecule has 0 radical (unpaired) electrons. The minimum atomic E-state index is -0.507. The second kappa shape index (κ2) is 6.38. The van der Waals surface area contributed by atoms with Crippen molar-refractivity contribution in [1.82, 2.24) is 0 Å². The van der Waals surface area contributed by atoms with Gasteiger partial charge >= 0.3 is 5.97 Å². The molecule has 0 amide bonds. The first kappa shape index (κ1) is 13.6. The zero-order valence-corrected chi connectivity index (χ0v) is 12.1. The number of ether oxygens (including phenoxy) is 1. The van der Waals surface area contributed by atoms with E-state index >= 15 is 0 Å². The molecule has 2 aromatic carbocycles. The summed E-state index contributed by atoms with van der Waals surface area (Å²) in [7, 11) is 1.39. The van der Waals surface area contributed by atoms with Gasteiger partial charge in [-0.05, 0) is 29.8 Å². The van der Waals surface area contributed by atoms with Gasteiger partial charge in [-0.25, -0.2) is 4.79 Å². The van der Waals surface area contributed by atoms with Crippen LogP contribution in [0.15, 0.2) is 59.1 Å². The molecule has 1 N–H and O–H groups in total. The number of hydrogen-bond acceptors (Lipinski definition) is 3. The Morgan fingerprint density at radius 2 is 1.74 bits per heavy atom. The maximum absolute atomic E-state index is 11.9. The third-order valence-corrected chi connectivity index (χ3v) is 3.25. The topological polar surface area (TPSA) is 38.3 Å². The third kappa shape index (κ3) is 3.58. The van der Waals surface area contributed by atoms with Crippen LogP contribution in [-0.2, 0) is 9.53 Å². The van der Waals surface area contributed by atoms with Crippen molar-refractivity contribution in [2.75, 3.05) is 12.4 Å². The summed E-state index contributed by atoms with van der Waals surface area (Å²) < 4.78 is 5.84. The highest BCUT2D eigenvalue weighted by molar-refractivity contribution is 9.10. The lowest BCUT2D eigenvalue weighted by Gasteiger charge is -2.18. The molecular formula is C15H14BrNO2. The fraction of sp³-hybridized carbons (Fsp3) is 0.133. The van der Waals surface area contributed by atoms with E-state index in [0.717, 1.165) is 15.7 Å². The predicted molar refractivity (Wildman–Crippen MR) is 79.0 cm³/mol. The molecule has 0 aliphatic carbocycles. The van der Waals surface area contributed by atoms with E-state index in [1.54, 1.807) is 0 Å². The van der Waals surface area contributed by atoms with Gasteiger partial charge in [-0.15, -0.1) is 0 Å². The maximum atomic E-state index is 11.9. The zero-order valence-electron chi connectivity index (χ0n) is 10.5. The summed E-state index contributed by atoms with van der Waals surface area (Å²) in [6, 6.07) is 16.6. The summed E-state index contributed by atoms with van der Waals surface area (Å²) in [6.07, 6.45) is 0. The van der Waals surface area contributed by atoms with Gasteiger partial charge < -0.3 is 10.1 Å². The molecule has 0 aromatic heterocycles. The van der Waals surface area contributed by atoms with Gasteiger partial charge in [-0.2, -0.15) is 0 Å². The van der Waals surface area contributed by atoms with Gasteiger partial charge in [-0.3, -0.25) is 0 Å². The van der Waals surface area contributed by atoms with E-state index in [2.05, 4.69) is 21.2 Å². The van der Waals surface area contributed by atoms with Gasteiger partial charge in [0.2, 0.25) is 0 Å². The highest BCUT2D eigenvalue weighted by atomic mass is 79.9. The normalized spacial score (nSPS) is 11.7. The molecule has 1 unspecified atom stereocenters. The summed E-state index contributed by atoms with van der Waals surface area (Å²) in [4.78, 5) is 11.9. The second-order valence-electron chi connectivity index (χ2n) is 4.02. The third-order valence-electron chi connectivity index (χ3n) is 2.73. The average molecular weight is 320 g/mol. The van der Waals surface area contributed by atoms with Gasteiger partial charge in [-0.1, -0.05) is 46.3 Å². The average Bonchev–Trinajstić information content (AvgIpc) is 2.47. The summed E-state index contributed by atoms with van der Waals surface area (Å²) in [6.45, 7) is 0. The number of hydrogen-bond donors (Lipinski definition) is 1. The molecule has 2 rings (SSSR count). The Balaban J connectivity index is 2.24.